The molecule has 0 bridgehead atoms. The molecular weight excluding hydrogens is 463 g/mol. The summed E-state index contributed by atoms with van der Waals surface area (Å²) in [5.74, 6) is -1.32. The van der Waals surface area contributed by atoms with E-state index in [4.69, 9.17) is 4.74 Å². The Kier molecular flexibility index (Phi) is 7.12. The number of Topliss-reactive ketones (excluding diaryl/α,β-unsaturated/α-hetero) is 1. The maximum absolute atomic E-state index is 13.7. The first-order valence-corrected chi connectivity index (χ1v) is 11.8. The van der Waals surface area contributed by atoms with Crippen LogP contribution in [0, 0.1) is 12.7 Å². The van der Waals surface area contributed by atoms with Gasteiger partial charge < -0.3 is 19.5 Å². The monoisotopic (exact) mass is 494 g/mol. The number of aryl methyl sites for hydroxylation is 1. The van der Waals surface area contributed by atoms with E-state index in [1.54, 1.807) is 36.1 Å². The lowest BCUT2D eigenvalue weighted by Gasteiger charge is -2.40. The van der Waals surface area contributed by atoms with Gasteiger partial charge in [-0.1, -0.05) is 12.1 Å². The molecule has 0 aliphatic carbocycles. The number of ether oxygens (including phenoxy) is 1. The van der Waals surface area contributed by atoms with E-state index in [2.05, 4.69) is 9.88 Å². The van der Waals surface area contributed by atoms with E-state index < -0.39 is 11.7 Å². The number of amides is 2. The Morgan fingerprint density at radius 3 is 2.44 bits per heavy atom. The number of nitrogens with zero attached hydrogens (tertiary/aromatic N) is 3. The highest BCUT2D eigenvalue weighted by Gasteiger charge is 2.31. The molecule has 36 heavy (non-hydrogen) atoms. The number of carbonyl (C=O) groups is 3. The molecule has 1 N–H and O–H groups in total. The minimum Gasteiger partial charge on any atom is -0.496 e. The molecule has 0 radical (unpaired) electrons. The van der Waals surface area contributed by atoms with E-state index in [1.807, 2.05) is 6.92 Å². The van der Waals surface area contributed by atoms with E-state index in [0.717, 1.165) is 5.56 Å². The summed E-state index contributed by atoms with van der Waals surface area (Å²) < 4.78 is 18.8. The lowest BCUT2D eigenvalue weighted by atomic mass is 10.0. The number of benzene rings is 2. The second-order valence-electron chi connectivity index (χ2n) is 9.46. The zero-order valence-electron chi connectivity index (χ0n) is 21.2. The molecule has 2 aromatic carbocycles. The molecule has 2 amide bonds. The SMILES string of the molecule is COc1cc2[nH]c(C)c(C(=O)C(=O)N(C)C)c2cc1C(=O)N1CCN(Cc2ccc(F)cc2)CC1C. The van der Waals surface area contributed by atoms with Crippen LogP contribution in [-0.4, -0.2) is 84.2 Å². The number of aromatic nitrogens is 1. The average molecular weight is 495 g/mol. The smallest absolute Gasteiger partial charge is 0.294 e. The van der Waals surface area contributed by atoms with Crippen LogP contribution in [0.4, 0.5) is 4.39 Å². The first kappa shape index (κ1) is 25.4. The van der Waals surface area contributed by atoms with Crippen molar-refractivity contribution in [2.45, 2.75) is 26.4 Å². The van der Waals surface area contributed by atoms with Crippen molar-refractivity contribution >= 4 is 28.5 Å². The maximum Gasteiger partial charge on any atom is 0.294 e. The fourth-order valence-corrected chi connectivity index (χ4v) is 4.78. The Bertz CT molecular complexity index is 1320. The molecule has 1 fully saturated rings. The molecule has 9 heteroatoms. The van der Waals surface area contributed by atoms with Gasteiger partial charge in [-0.3, -0.25) is 19.3 Å². The zero-order chi connectivity index (χ0) is 26.1. The van der Waals surface area contributed by atoms with Gasteiger partial charge in [-0.2, -0.15) is 0 Å². The van der Waals surface area contributed by atoms with Crippen LogP contribution in [0.15, 0.2) is 36.4 Å². The number of piperazine rings is 1. The molecule has 1 atom stereocenters. The summed E-state index contributed by atoms with van der Waals surface area (Å²) in [5.41, 5.74) is 2.79. The molecule has 1 aliphatic heterocycles. The van der Waals surface area contributed by atoms with Crippen molar-refractivity contribution in [1.29, 1.82) is 0 Å². The topological polar surface area (TPSA) is 85.9 Å². The summed E-state index contributed by atoms with van der Waals surface area (Å²) in [6.45, 7) is 6.24. The predicted octanol–water partition coefficient (Wildman–Crippen LogP) is 3.24. The Morgan fingerprint density at radius 2 is 1.83 bits per heavy atom. The molecule has 8 nitrogen and oxygen atoms in total. The molecule has 1 saturated heterocycles. The van der Waals surface area contributed by atoms with Crippen LogP contribution in [0.1, 0.15) is 38.9 Å². The number of carbonyl (C=O) groups excluding carboxylic acids is 3. The minimum absolute atomic E-state index is 0.0727. The third kappa shape index (κ3) is 4.83. The number of likely N-dealkylation sites (N-methyl/N-ethyl adjacent to an activating group) is 1. The first-order valence-electron chi connectivity index (χ1n) is 11.8. The molecule has 1 aliphatic rings. The Hall–Kier alpha value is -3.72. The zero-order valence-corrected chi connectivity index (χ0v) is 21.2. The average Bonchev–Trinajstić information content (AvgIpc) is 3.17. The summed E-state index contributed by atoms with van der Waals surface area (Å²) in [4.78, 5) is 47.4. The number of H-pyrrole nitrogens is 1. The lowest BCUT2D eigenvalue weighted by molar-refractivity contribution is -0.124. The first-order chi connectivity index (χ1) is 17.1. The van der Waals surface area contributed by atoms with Crippen LogP contribution < -0.4 is 4.74 Å². The third-order valence-electron chi connectivity index (χ3n) is 6.66. The van der Waals surface area contributed by atoms with E-state index in [9.17, 15) is 18.8 Å². The van der Waals surface area contributed by atoms with Gasteiger partial charge in [-0.15, -0.1) is 0 Å². The van der Waals surface area contributed by atoms with E-state index in [1.165, 1.54) is 38.2 Å². The van der Waals surface area contributed by atoms with Crippen molar-refractivity contribution in [3.05, 3.63) is 64.6 Å². The molecule has 2 heterocycles. The Balaban J connectivity index is 1.60. The summed E-state index contributed by atoms with van der Waals surface area (Å²) in [7, 11) is 4.55. The molecule has 190 valence electrons. The molecule has 3 aromatic rings. The highest BCUT2D eigenvalue weighted by atomic mass is 19.1. The van der Waals surface area contributed by atoms with Crippen LogP contribution in [0.2, 0.25) is 0 Å². The molecule has 0 spiro atoms. The van der Waals surface area contributed by atoms with Gasteiger partial charge in [0.25, 0.3) is 17.6 Å². The van der Waals surface area contributed by atoms with E-state index in [0.29, 0.717) is 54.1 Å². The molecule has 4 rings (SSSR count). The van der Waals surface area contributed by atoms with Crippen LogP contribution >= 0.6 is 0 Å². The highest BCUT2D eigenvalue weighted by Crippen LogP contribution is 2.32. The van der Waals surface area contributed by atoms with Gasteiger partial charge in [0, 0.05) is 63.5 Å². The Labute approximate surface area is 209 Å². The van der Waals surface area contributed by atoms with Crippen LogP contribution in [0.3, 0.4) is 0 Å². The van der Waals surface area contributed by atoms with Gasteiger partial charge in [0.05, 0.1) is 23.8 Å². The fraction of sp³-hybridized carbons (Fsp3) is 0.370. The van der Waals surface area contributed by atoms with Crippen LogP contribution in [0.25, 0.3) is 10.9 Å². The number of aromatic amines is 1. The van der Waals surface area contributed by atoms with Gasteiger partial charge in [0.2, 0.25) is 0 Å². The summed E-state index contributed by atoms with van der Waals surface area (Å²) >= 11 is 0. The van der Waals surface area contributed by atoms with Crippen LogP contribution in [0.5, 0.6) is 5.75 Å². The number of hydrogen-bond acceptors (Lipinski definition) is 5. The van der Waals surface area contributed by atoms with Gasteiger partial charge in [-0.05, 0) is 37.6 Å². The molecule has 1 unspecified atom stereocenters. The number of ketones is 1. The van der Waals surface area contributed by atoms with Crippen molar-refractivity contribution in [3.8, 4) is 5.75 Å². The second kappa shape index (κ2) is 10.1. The standard InChI is InChI=1S/C27H31FN4O4/c1-16-14-31(15-18-6-8-19(28)9-7-18)10-11-32(16)26(34)21-12-20-22(13-23(21)36-5)29-17(2)24(20)25(33)27(35)30(3)4/h6-9,12-13,16,29H,10-11,14-15H2,1-5H3. The number of methoxy groups -OCH3 is 1. The van der Waals surface area contributed by atoms with Gasteiger partial charge in [0.1, 0.15) is 11.6 Å². The van der Waals surface area contributed by atoms with Crippen molar-refractivity contribution in [1.82, 2.24) is 19.7 Å². The highest BCUT2D eigenvalue weighted by molar-refractivity contribution is 6.45. The van der Waals surface area contributed by atoms with E-state index in [-0.39, 0.29) is 23.3 Å². The number of halogens is 1. The quantitative estimate of drug-likeness (QED) is 0.420. The Morgan fingerprint density at radius 1 is 1.14 bits per heavy atom. The normalized spacial score (nSPS) is 16.3. The van der Waals surface area contributed by atoms with Gasteiger partial charge >= 0.3 is 0 Å². The largest absolute Gasteiger partial charge is 0.496 e. The lowest BCUT2D eigenvalue weighted by Crippen LogP contribution is -2.53. The minimum atomic E-state index is -0.631. The molecular formula is C27H31FN4O4. The van der Waals surface area contributed by atoms with Crippen molar-refractivity contribution in [3.63, 3.8) is 0 Å². The number of nitrogens with one attached hydrogen (secondary N) is 1. The number of rotatable bonds is 6. The van der Waals surface area contributed by atoms with Crippen molar-refractivity contribution < 1.29 is 23.5 Å². The van der Waals surface area contributed by atoms with Crippen molar-refractivity contribution in [2.75, 3.05) is 40.8 Å². The van der Waals surface area contributed by atoms with E-state index >= 15 is 0 Å². The summed E-state index contributed by atoms with van der Waals surface area (Å²) in [6, 6.07) is 9.73. The predicted molar refractivity (Wildman–Crippen MR) is 135 cm³/mol. The van der Waals surface area contributed by atoms with Crippen LogP contribution in [-0.2, 0) is 11.3 Å². The number of fused-ring (bicyclic) bond motifs is 1. The van der Waals surface area contributed by atoms with Gasteiger partial charge in [0.15, 0.2) is 0 Å². The third-order valence-corrected chi connectivity index (χ3v) is 6.66. The number of hydrogen-bond donors (Lipinski definition) is 1. The van der Waals surface area contributed by atoms with Crippen molar-refractivity contribution in [2.24, 2.45) is 0 Å². The second-order valence-corrected chi connectivity index (χ2v) is 9.46. The summed E-state index contributed by atoms with van der Waals surface area (Å²) in [5, 5.41) is 0.513. The molecule has 0 saturated carbocycles. The molecule has 1 aromatic heterocycles. The summed E-state index contributed by atoms with van der Waals surface area (Å²) in [6.07, 6.45) is 0. The maximum atomic E-state index is 13.7. The fourth-order valence-electron chi connectivity index (χ4n) is 4.78. The van der Waals surface area contributed by atoms with Gasteiger partial charge in [-0.25, -0.2) is 4.39 Å².